The molecule has 1 aromatic carbocycles. The fraction of sp³-hybridized carbons (Fsp3) is 0.500. The molecule has 2 saturated heterocycles. The van der Waals surface area contributed by atoms with Gasteiger partial charge in [-0.1, -0.05) is 30.3 Å². The van der Waals surface area contributed by atoms with Crippen LogP contribution in [0.15, 0.2) is 30.3 Å². The second-order valence-corrected chi connectivity index (χ2v) is 5.76. The average molecular weight is 303 g/mol. The third kappa shape index (κ3) is 2.92. The van der Waals surface area contributed by atoms with Crippen LogP contribution in [0, 0.1) is 0 Å². The maximum absolute atomic E-state index is 12.4. The van der Waals surface area contributed by atoms with Gasteiger partial charge in [-0.2, -0.15) is 0 Å². The molecule has 2 heterocycles. The molecule has 2 aliphatic heterocycles. The SMILES string of the molecule is C[C@@H]1C(=O)N2CCNC[C@H]2CN1C(=O)OCc1ccccc1. The summed E-state index contributed by atoms with van der Waals surface area (Å²) in [5, 5.41) is 3.26. The molecule has 0 spiro atoms. The molecule has 22 heavy (non-hydrogen) atoms. The Balaban J connectivity index is 1.63. The number of piperazine rings is 2. The summed E-state index contributed by atoms with van der Waals surface area (Å²) in [6.45, 7) is 4.76. The van der Waals surface area contributed by atoms with Crippen LogP contribution in [0.5, 0.6) is 0 Å². The maximum atomic E-state index is 12.4. The van der Waals surface area contributed by atoms with Crippen molar-refractivity contribution in [1.82, 2.24) is 15.1 Å². The van der Waals surface area contributed by atoms with Crippen LogP contribution in [0.4, 0.5) is 4.79 Å². The minimum atomic E-state index is -0.461. The summed E-state index contributed by atoms with van der Waals surface area (Å²) in [4.78, 5) is 28.1. The molecule has 2 amide bonds. The summed E-state index contributed by atoms with van der Waals surface area (Å²) >= 11 is 0. The van der Waals surface area contributed by atoms with E-state index < -0.39 is 12.1 Å². The summed E-state index contributed by atoms with van der Waals surface area (Å²) in [7, 11) is 0. The van der Waals surface area contributed by atoms with Gasteiger partial charge >= 0.3 is 6.09 Å². The average Bonchev–Trinajstić information content (AvgIpc) is 2.57. The zero-order chi connectivity index (χ0) is 15.5. The lowest BCUT2D eigenvalue weighted by atomic mass is 10.1. The molecular formula is C16H21N3O3. The van der Waals surface area contributed by atoms with E-state index in [-0.39, 0.29) is 18.6 Å². The van der Waals surface area contributed by atoms with Crippen molar-refractivity contribution in [2.75, 3.05) is 26.2 Å². The zero-order valence-corrected chi connectivity index (χ0v) is 12.7. The molecule has 0 bridgehead atoms. The Kier molecular flexibility index (Phi) is 4.29. The van der Waals surface area contributed by atoms with Crippen molar-refractivity contribution in [1.29, 1.82) is 0 Å². The molecule has 2 fully saturated rings. The van der Waals surface area contributed by atoms with Crippen LogP contribution in [0.25, 0.3) is 0 Å². The van der Waals surface area contributed by atoms with Gasteiger partial charge in [-0.25, -0.2) is 4.79 Å². The molecule has 0 aromatic heterocycles. The Labute approximate surface area is 130 Å². The van der Waals surface area contributed by atoms with Gasteiger partial charge in [0.1, 0.15) is 12.6 Å². The van der Waals surface area contributed by atoms with E-state index in [9.17, 15) is 9.59 Å². The predicted octanol–water partition coefficient (Wildman–Crippen LogP) is 0.828. The molecule has 3 rings (SSSR count). The Hall–Kier alpha value is -2.08. The molecular weight excluding hydrogens is 282 g/mol. The lowest BCUT2D eigenvalue weighted by Gasteiger charge is -2.46. The number of carbonyl (C=O) groups excluding carboxylic acids is 2. The van der Waals surface area contributed by atoms with Crippen LogP contribution < -0.4 is 5.32 Å². The molecule has 0 saturated carbocycles. The summed E-state index contributed by atoms with van der Waals surface area (Å²) < 4.78 is 5.36. The van der Waals surface area contributed by atoms with Crippen molar-refractivity contribution in [2.45, 2.75) is 25.6 Å². The van der Waals surface area contributed by atoms with Crippen molar-refractivity contribution >= 4 is 12.0 Å². The standard InChI is InChI=1S/C16H21N3O3/c1-12-15(20)18-8-7-17-9-14(18)10-19(12)16(21)22-11-13-5-3-2-4-6-13/h2-6,12,14,17H,7-11H2,1H3/t12-,14+/m1/s1. The number of nitrogens with zero attached hydrogens (tertiary/aromatic N) is 2. The molecule has 0 aliphatic carbocycles. The minimum Gasteiger partial charge on any atom is -0.445 e. The van der Waals surface area contributed by atoms with Gasteiger partial charge in [-0.15, -0.1) is 0 Å². The molecule has 0 radical (unpaired) electrons. The van der Waals surface area contributed by atoms with Gasteiger partial charge in [0.25, 0.3) is 0 Å². The van der Waals surface area contributed by atoms with Crippen molar-refractivity contribution in [3.63, 3.8) is 0 Å². The zero-order valence-electron chi connectivity index (χ0n) is 12.7. The largest absolute Gasteiger partial charge is 0.445 e. The van der Waals surface area contributed by atoms with Gasteiger partial charge in [0.2, 0.25) is 5.91 Å². The van der Waals surface area contributed by atoms with Gasteiger partial charge in [-0.05, 0) is 12.5 Å². The minimum absolute atomic E-state index is 0.00871. The number of hydrogen-bond donors (Lipinski definition) is 1. The fourth-order valence-corrected chi connectivity index (χ4v) is 3.01. The first kappa shape index (κ1) is 14.8. The van der Waals surface area contributed by atoms with Gasteiger partial charge in [0.05, 0.1) is 6.04 Å². The molecule has 6 nitrogen and oxygen atoms in total. The van der Waals surface area contributed by atoms with Crippen LogP contribution >= 0.6 is 0 Å². The van der Waals surface area contributed by atoms with E-state index >= 15 is 0 Å². The highest BCUT2D eigenvalue weighted by atomic mass is 16.6. The van der Waals surface area contributed by atoms with Gasteiger partial charge < -0.3 is 15.0 Å². The van der Waals surface area contributed by atoms with E-state index in [1.54, 1.807) is 11.8 Å². The van der Waals surface area contributed by atoms with Crippen molar-refractivity contribution in [3.05, 3.63) is 35.9 Å². The monoisotopic (exact) mass is 303 g/mol. The molecule has 118 valence electrons. The number of rotatable bonds is 2. The predicted molar refractivity (Wildman–Crippen MR) is 81.2 cm³/mol. The number of hydrogen-bond acceptors (Lipinski definition) is 4. The van der Waals surface area contributed by atoms with Crippen molar-refractivity contribution in [3.8, 4) is 0 Å². The van der Waals surface area contributed by atoms with Crippen LogP contribution in [0.3, 0.4) is 0 Å². The van der Waals surface area contributed by atoms with E-state index in [4.69, 9.17) is 4.74 Å². The first-order valence-corrected chi connectivity index (χ1v) is 7.65. The maximum Gasteiger partial charge on any atom is 0.410 e. The molecule has 1 N–H and O–H groups in total. The van der Waals surface area contributed by atoms with Crippen molar-refractivity contribution < 1.29 is 14.3 Å². The molecule has 0 unspecified atom stereocenters. The first-order valence-electron chi connectivity index (χ1n) is 7.65. The van der Waals surface area contributed by atoms with E-state index in [2.05, 4.69) is 5.32 Å². The lowest BCUT2D eigenvalue weighted by Crippen LogP contribution is -2.67. The van der Waals surface area contributed by atoms with Crippen LogP contribution in [0.1, 0.15) is 12.5 Å². The summed E-state index contributed by atoms with van der Waals surface area (Å²) in [6, 6.07) is 9.13. The third-order valence-electron chi connectivity index (χ3n) is 4.31. The molecule has 1 aromatic rings. The lowest BCUT2D eigenvalue weighted by molar-refractivity contribution is -0.145. The highest BCUT2D eigenvalue weighted by Gasteiger charge is 2.41. The Morgan fingerprint density at radius 3 is 2.91 bits per heavy atom. The highest BCUT2D eigenvalue weighted by molar-refractivity contribution is 5.87. The fourth-order valence-electron chi connectivity index (χ4n) is 3.01. The number of fused-ring (bicyclic) bond motifs is 1. The number of ether oxygens (including phenoxy) is 1. The van der Waals surface area contributed by atoms with E-state index in [0.717, 1.165) is 18.7 Å². The summed E-state index contributed by atoms with van der Waals surface area (Å²) in [6.07, 6.45) is -0.421. The van der Waals surface area contributed by atoms with Crippen LogP contribution in [-0.2, 0) is 16.1 Å². The van der Waals surface area contributed by atoms with Crippen molar-refractivity contribution in [2.24, 2.45) is 0 Å². The number of carbonyl (C=O) groups is 2. The van der Waals surface area contributed by atoms with E-state index in [1.807, 2.05) is 35.2 Å². The number of nitrogens with one attached hydrogen (secondary N) is 1. The Morgan fingerprint density at radius 2 is 2.14 bits per heavy atom. The Morgan fingerprint density at radius 1 is 1.36 bits per heavy atom. The second-order valence-electron chi connectivity index (χ2n) is 5.76. The second kappa shape index (κ2) is 6.36. The molecule has 6 heteroatoms. The highest BCUT2D eigenvalue weighted by Crippen LogP contribution is 2.19. The van der Waals surface area contributed by atoms with Crippen LogP contribution in [0.2, 0.25) is 0 Å². The quantitative estimate of drug-likeness (QED) is 0.879. The summed E-state index contributed by atoms with van der Waals surface area (Å²) in [5.74, 6) is 0.00871. The van der Waals surface area contributed by atoms with Crippen LogP contribution in [-0.4, -0.2) is 60.1 Å². The number of amides is 2. The Bertz CT molecular complexity index is 549. The van der Waals surface area contributed by atoms with Gasteiger partial charge in [0.15, 0.2) is 0 Å². The van der Waals surface area contributed by atoms with Gasteiger partial charge in [0, 0.05) is 26.2 Å². The van der Waals surface area contributed by atoms with Gasteiger partial charge in [-0.3, -0.25) is 9.69 Å². The normalized spacial score (nSPS) is 24.9. The van der Waals surface area contributed by atoms with E-state index in [0.29, 0.717) is 13.1 Å². The number of benzene rings is 1. The summed E-state index contributed by atoms with van der Waals surface area (Å²) in [5.41, 5.74) is 0.938. The molecule has 2 aliphatic rings. The van der Waals surface area contributed by atoms with E-state index in [1.165, 1.54) is 0 Å². The smallest absolute Gasteiger partial charge is 0.410 e. The third-order valence-corrected chi connectivity index (χ3v) is 4.31. The first-order chi connectivity index (χ1) is 10.7. The topological polar surface area (TPSA) is 61.9 Å². The molecule has 2 atom stereocenters.